The molecule has 2 aromatic rings. The Balaban J connectivity index is 1.68. The Morgan fingerprint density at radius 3 is 2.67 bits per heavy atom. The highest BCUT2D eigenvalue weighted by atomic mass is 32.1. The molecule has 3 atom stereocenters. The van der Waals surface area contributed by atoms with Crippen LogP contribution in [0.2, 0.25) is 0 Å². The molecule has 2 amide bonds. The summed E-state index contributed by atoms with van der Waals surface area (Å²) in [5, 5.41) is 16.3. The molecule has 0 unspecified atom stereocenters. The Labute approximate surface area is 198 Å². The van der Waals surface area contributed by atoms with Crippen molar-refractivity contribution in [2.24, 2.45) is 0 Å². The molecule has 0 aromatic carbocycles. The van der Waals surface area contributed by atoms with Gasteiger partial charge in [-0.2, -0.15) is 0 Å². The number of aliphatic hydroxyl groups excluding tert-OH is 1. The molecule has 1 saturated heterocycles. The second-order valence-corrected chi connectivity index (χ2v) is 10.5. The summed E-state index contributed by atoms with van der Waals surface area (Å²) in [5.74, 6) is 0.345. The van der Waals surface area contributed by atoms with Gasteiger partial charge < -0.3 is 20.6 Å². The number of thiazole rings is 1. The number of hydrogen-bond donors (Lipinski definition) is 3. The molecule has 33 heavy (non-hydrogen) atoms. The van der Waals surface area contributed by atoms with Crippen LogP contribution in [0.3, 0.4) is 0 Å². The molecule has 2 aliphatic rings. The number of nitrogens with one attached hydrogen (secondary N) is 2. The first-order chi connectivity index (χ1) is 15.7. The Hall–Kier alpha value is -2.52. The lowest BCUT2D eigenvalue weighted by atomic mass is 10.1. The first kappa shape index (κ1) is 23.6. The molecule has 2 aromatic heterocycles. The summed E-state index contributed by atoms with van der Waals surface area (Å²) in [6.07, 6.45) is 5.31. The van der Waals surface area contributed by atoms with E-state index in [1.54, 1.807) is 6.20 Å². The summed E-state index contributed by atoms with van der Waals surface area (Å²) in [7, 11) is 0. The monoisotopic (exact) mass is 471 g/mol. The highest BCUT2D eigenvalue weighted by molar-refractivity contribution is 7.17. The van der Waals surface area contributed by atoms with Crippen molar-refractivity contribution in [1.82, 2.24) is 20.2 Å². The number of aromatic nitrogens is 2. The SMILES string of the molecule is Cc1cc(NC(C)C)ncc1-c1sc(C(=O)N[C@@H]2CC[C@@H](O)C2)nc1C(=O)N1CCC[C@@H]1C. The predicted octanol–water partition coefficient (Wildman–Crippen LogP) is 3.60. The van der Waals surface area contributed by atoms with E-state index < -0.39 is 0 Å². The number of amides is 2. The second kappa shape index (κ2) is 9.77. The lowest BCUT2D eigenvalue weighted by Crippen LogP contribution is -2.35. The molecule has 9 heteroatoms. The van der Waals surface area contributed by atoms with Gasteiger partial charge in [0, 0.05) is 36.4 Å². The van der Waals surface area contributed by atoms with Gasteiger partial charge in [-0.05, 0) is 71.4 Å². The van der Waals surface area contributed by atoms with Gasteiger partial charge in [0.25, 0.3) is 11.8 Å². The fourth-order valence-corrected chi connectivity index (χ4v) is 5.66. The zero-order chi connectivity index (χ0) is 23.7. The molecule has 0 spiro atoms. The lowest BCUT2D eigenvalue weighted by Gasteiger charge is -2.21. The molecule has 8 nitrogen and oxygen atoms in total. The summed E-state index contributed by atoms with van der Waals surface area (Å²) < 4.78 is 0. The van der Waals surface area contributed by atoms with Gasteiger partial charge in [-0.15, -0.1) is 11.3 Å². The smallest absolute Gasteiger partial charge is 0.280 e. The van der Waals surface area contributed by atoms with E-state index in [0.717, 1.165) is 36.2 Å². The maximum Gasteiger partial charge on any atom is 0.280 e. The van der Waals surface area contributed by atoms with E-state index in [1.165, 1.54) is 11.3 Å². The fourth-order valence-electron chi connectivity index (χ4n) is 4.62. The van der Waals surface area contributed by atoms with Gasteiger partial charge in [0.1, 0.15) is 11.5 Å². The summed E-state index contributed by atoms with van der Waals surface area (Å²) in [6, 6.07) is 2.30. The Morgan fingerprint density at radius 2 is 2.06 bits per heavy atom. The standard InChI is InChI=1S/C24H33N5O3S/c1-13(2)26-19-10-14(3)18(12-25-19)21-20(24(32)29-9-5-6-15(29)4)28-23(33-21)22(31)27-16-7-8-17(30)11-16/h10,12-13,15-17,30H,5-9,11H2,1-4H3,(H,25,26)(H,27,31)/t15-,16+,17+/m0/s1. The van der Waals surface area contributed by atoms with Crippen LogP contribution in [0.5, 0.6) is 0 Å². The molecule has 4 rings (SSSR count). The van der Waals surface area contributed by atoms with E-state index in [9.17, 15) is 14.7 Å². The van der Waals surface area contributed by atoms with E-state index in [2.05, 4.69) is 41.4 Å². The Bertz CT molecular complexity index is 1040. The summed E-state index contributed by atoms with van der Waals surface area (Å²) in [5.41, 5.74) is 2.10. The number of likely N-dealkylation sites (tertiary alicyclic amines) is 1. The topological polar surface area (TPSA) is 107 Å². The number of rotatable bonds is 6. The van der Waals surface area contributed by atoms with Crippen molar-refractivity contribution in [2.75, 3.05) is 11.9 Å². The molecular weight excluding hydrogens is 438 g/mol. The van der Waals surface area contributed by atoms with Gasteiger partial charge in [-0.1, -0.05) is 0 Å². The van der Waals surface area contributed by atoms with Crippen LogP contribution < -0.4 is 10.6 Å². The molecular formula is C24H33N5O3S. The molecule has 178 valence electrons. The molecule has 2 fully saturated rings. The molecule has 0 radical (unpaired) electrons. The maximum absolute atomic E-state index is 13.5. The first-order valence-electron chi connectivity index (χ1n) is 11.8. The van der Waals surface area contributed by atoms with Gasteiger partial charge in [-0.3, -0.25) is 9.59 Å². The number of anilines is 1. The van der Waals surface area contributed by atoms with Crippen molar-refractivity contribution < 1.29 is 14.7 Å². The summed E-state index contributed by atoms with van der Waals surface area (Å²) >= 11 is 1.23. The minimum Gasteiger partial charge on any atom is -0.393 e. The van der Waals surface area contributed by atoms with E-state index >= 15 is 0 Å². The third-order valence-electron chi connectivity index (χ3n) is 6.37. The molecule has 1 aliphatic carbocycles. The largest absolute Gasteiger partial charge is 0.393 e. The number of aryl methyl sites for hydroxylation is 1. The minimum atomic E-state index is -0.373. The van der Waals surface area contributed by atoms with Crippen molar-refractivity contribution in [2.45, 2.75) is 84.0 Å². The molecule has 1 aliphatic heterocycles. The lowest BCUT2D eigenvalue weighted by molar-refractivity contribution is 0.0743. The fraction of sp³-hybridized carbons (Fsp3) is 0.583. The van der Waals surface area contributed by atoms with Crippen LogP contribution in [0.1, 0.15) is 78.7 Å². The quantitative estimate of drug-likeness (QED) is 0.594. The normalized spacial score (nSPS) is 22.7. The van der Waals surface area contributed by atoms with Gasteiger partial charge >= 0.3 is 0 Å². The average molecular weight is 472 g/mol. The van der Waals surface area contributed by atoms with Gasteiger partial charge in [0.15, 0.2) is 5.01 Å². The van der Waals surface area contributed by atoms with Gasteiger partial charge in [0.2, 0.25) is 0 Å². The highest BCUT2D eigenvalue weighted by Crippen LogP contribution is 2.35. The van der Waals surface area contributed by atoms with Crippen molar-refractivity contribution >= 4 is 29.0 Å². The third-order valence-corrected chi connectivity index (χ3v) is 7.46. The average Bonchev–Trinajstić information content (AvgIpc) is 3.47. The van der Waals surface area contributed by atoms with Crippen LogP contribution in [0.15, 0.2) is 12.3 Å². The number of aliphatic hydroxyl groups is 1. The zero-order valence-electron chi connectivity index (χ0n) is 19.7. The van der Waals surface area contributed by atoms with Crippen LogP contribution in [0.25, 0.3) is 10.4 Å². The van der Waals surface area contributed by atoms with Crippen molar-refractivity contribution in [3.63, 3.8) is 0 Å². The Morgan fingerprint density at radius 1 is 1.27 bits per heavy atom. The van der Waals surface area contributed by atoms with Crippen molar-refractivity contribution in [1.29, 1.82) is 0 Å². The van der Waals surface area contributed by atoms with E-state index in [-0.39, 0.29) is 41.1 Å². The van der Waals surface area contributed by atoms with E-state index in [4.69, 9.17) is 0 Å². The van der Waals surface area contributed by atoms with Crippen LogP contribution in [0, 0.1) is 6.92 Å². The predicted molar refractivity (Wildman–Crippen MR) is 130 cm³/mol. The van der Waals surface area contributed by atoms with Gasteiger partial charge in [0.05, 0.1) is 11.0 Å². The highest BCUT2D eigenvalue weighted by Gasteiger charge is 2.32. The number of hydrogen-bond acceptors (Lipinski definition) is 7. The number of pyridine rings is 1. The Kier molecular flexibility index (Phi) is 6.99. The first-order valence-corrected chi connectivity index (χ1v) is 12.6. The molecule has 1 saturated carbocycles. The minimum absolute atomic E-state index is 0.0672. The molecule has 0 bridgehead atoms. The van der Waals surface area contributed by atoms with Crippen molar-refractivity contribution in [3.8, 4) is 10.4 Å². The summed E-state index contributed by atoms with van der Waals surface area (Å²) in [6.45, 7) is 8.84. The maximum atomic E-state index is 13.5. The van der Waals surface area contributed by atoms with Crippen LogP contribution >= 0.6 is 11.3 Å². The molecule has 3 N–H and O–H groups in total. The number of nitrogens with zero attached hydrogens (tertiary/aromatic N) is 3. The van der Waals surface area contributed by atoms with Crippen LogP contribution in [0.4, 0.5) is 5.82 Å². The van der Waals surface area contributed by atoms with Gasteiger partial charge in [-0.25, -0.2) is 9.97 Å². The van der Waals surface area contributed by atoms with Crippen molar-refractivity contribution in [3.05, 3.63) is 28.5 Å². The summed E-state index contributed by atoms with van der Waals surface area (Å²) in [4.78, 5) is 38.1. The number of carbonyl (C=O) groups excluding carboxylic acids is 2. The van der Waals surface area contributed by atoms with Crippen LogP contribution in [-0.4, -0.2) is 62.6 Å². The zero-order valence-corrected chi connectivity index (χ0v) is 20.5. The third kappa shape index (κ3) is 5.19. The molecule has 3 heterocycles. The van der Waals surface area contributed by atoms with Crippen LogP contribution in [-0.2, 0) is 0 Å². The second-order valence-electron chi connectivity index (χ2n) is 9.51. The van der Waals surface area contributed by atoms with E-state index in [0.29, 0.717) is 30.0 Å². The van der Waals surface area contributed by atoms with E-state index in [1.807, 2.05) is 17.9 Å². The number of carbonyl (C=O) groups is 2.